The number of carbonyl (C=O) groups is 1. The van der Waals surface area contributed by atoms with Gasteiger partial charge in [-0.25, -0.2) is 8.42 Å². The molecule has 2 heterocycles. The molecule has 0 saturated carbocycles. The number of hydrogen-bond acceptors (Lipinski definition) is 4. The largest absolute Gasteiger partial charge is 0.337 e. The lowest BCUT2D eigenvalue weighted by atomic mass is 10.1. The van der Waals surface area contributed by atoms with Crippen LogP contribution in [0.25, 0.3) is 0 Å². The summed E-state index contributed by atoms with van der Waals surface area (Å²) in [5.74, 6) is -0.0742. The summed E-state index contributed by atoms with van der Waals surface area (Å²) in [6.07, 6.45) is 4.42. The molecule has 122 valence electrons. The minimum atomic E-state index is -3.29. The van der Waals surface area contributed by atoms with Crippen molar-refractivity contribution in [1.29, 1.82) is 0 Å². The van der Waals surface area contributed by atoms with E-state index in [1.54, 1.807) is 12.1 Å². The zero-order valence-corrected chi connectivity index (χ0v) is 14.1. The quantitative estimate of drug-likeness (QED) is 0.882. The van der Waals surface area contributed by atoms with Crippen molar-refractivity contribution in [2.75, 3.05) is 19.3 Å². The van der Waals surface area contributed by atoms with Crippen LogP contribution in [0.2, 0.25) is 0 Å². The molecule has 0 aliphatic carbocycles. The number of halogens is 1. The summed E-state index contributed by atoms with van der Waals surface area (Å²) in [6.45, 7) is 1.44. The maximum Gasteiger partial charge on any atom is 0.253 e. The van der Waals surface area contributed by atoms with Crippen LogP contribution in [0.5, 0.6) is 0 Å². The van der Waals surface area contributed by atoms with Gasteiger partial charge in [0.05, 0.1) is 4.90 Å². The summed E-state index contributed by atoms with van der Waals surface area (Å²) >= 11 is 0. The van der Waals surface area contributed by atoms with Crippen LogP contribution in [-0.2, 0) is 9.84 Å². The first-order valence-electron chi connectivity index (χ1n) is 7.29. The molecule has 0 radical (unpaired) electrons. The molecule has 22 heavy (non-hydrogen) atoms. The maximum atomic E-state index is 12.6. The number of fused-ring (bicyclic) bond motifs is 2. The summed E-state index contributed by atoms with van der Waals surface area (Å²) in [5, 5.41) is 3.53. The van der Waals surface area contributed by atoms with Crippen LogP contribution in [0.3, 0.4) is 0 Å². The third-order valence-electron chi connectivity index (χ3n) is 4.32. The summed E-state index contributed by atoms with van der Waals surface area (Å²) < 4.78 is 23.2. The standard InChI is InChI=1S/C15H20N2O3S.ClH/c1-21(19,20)14-4-2-3-11(9-14)15(18)17-8-7-12-5-6-13(10-17)16-12;/h2-4,9,12-13,16H,5-8,10H2,1H3;1H. The van der Waals surface area contributed by atoms with Crippen LogP contribution in [0.4, 0.5) is 0 Å². The van der Waals surface area contributed by atoms with Gasteiger partial charge in [0.15, 0.2) is 9.84 Å². The molecule has 1 N–H and O–H groups in total. The lowest BCUT2D eigenvalue weighted by Crippen LogP contribution is -2.39. The molecule has 0 aromatic heterocycles. The Morgan fingerprint density at radius 1 is 1.23 bits per heavy atom. The summed E-state index contributed by atoms with van der Waals surface area (Å²) in [5.41, 5.74) is 0.454. The second-order valence-corrected chi connectivity index (χ2v) is 7.99. The van der Waals surface area contributed by atoms with E-state index in [1.807, 2.05) is 4.90 Å². The van der Waals surface area contributed by atoms with E-state index in [0.717, 1.165) is 25.6 Å². The van der Waals surface area contributed by atoms with Crippen LogP contribution in [0.15, 0.2) is 29.2 Å². The Morgan fingerprint density at radius 2 is 1.95 bits per heavy atom. The zero-order chi connectivity index (χ0) is 15.0. The lowest BCUT2D eigenvalue weighted by molar-refractivity contribution is 0.0748. The van der Waals surface area contributed by atoms with Gasteiger partial charge >= 0.3 is 0 Å². The Kier molecular flexibility index (Phi) is 5.14. The molecule has 2 saturated heterocycles. The van der Waals surface area contributed by atoms with Crippen molar-refractivity contribution in [3.8, 4) is 0 Å². The normalized spacial score (nSPS) is 24.5. The van der Waals surface area contributed by atoms with E-state index in [1.165, 1.54) is 18.6 Å². The van der Waals surface area contributed by atoms with E-state index in [0.29, 0.717) is 24.2 Å². The van der Waals surface area contributed by atoms with E-state index in [-0.39, 0.29) is 23.2 Å². The first-order chi connectivity index (χ1) is 9.93. The number of sulfone groups is 1. The SMILES string of the molecule is CS(=O)(=O)c1cccc(C(=O)N2CCC3CCC(C2)N3)c1.Cl. The topological polar surface area (TPSA) is 66.5 Å². The van der Waals surface area contributed by atoms with Crippen molar-refractivity contribution in [2.45, 2.75) is 36.2 Å². The van der Waals surface area contributed by atoms with E-state index in [9.17, 15) is 13.2 Å². The molecule has 1 aromatic carbocycles. The van der Waals surface area contributed by atoms with E-state index in [4.69, 9.17) is 0 Å². The highest BCUT2D eigenvalue weighted by Gasteiger charge is 2.31. The van der Waals surface area contributed by atoms with Crippen molar-refractivity contribution >= 4 is 28.2 Å². The fraction of sp³-hybridized carbons (Fsp3) is 0.533. The summed E-state index contributed by atoms with van der Waals surface area (Å²) in [6, 6.07) is 7.22. The number of nitrogens with one attached hydrogen (secondary N) is 1. The van der Waals surface area contributed by atoms with Crippen molar-refractivity contribution in [2.24, 2.45) is 0 Å². The Bertz CT molecular complexity index is 663. The molecule has 1 amide bonds. The predicted molar refractivity (Wildman–Crippen MR) is 87.3 cm³/mol. The molecule has 2 bridgehead atoms. The van der Waals surface area contributed by atoms with Gasteiger partial charge in [0.25, 0.3) is 5.91 Å². The number of amides is 1. The first-order valence-corrected chi connectivity index (χ1v) is 9.18. The Hall–Kier alpha value is -1.11. The van der Waals surface area contributed by atoms with Crippen molar-refractivity contribution < 1.29 is 13.2 Å². The van der Waals surface area contributed by atoms with Gasteiger partial charge < -0.3 is 10.2 Å². The molecule has 5 nitrogen and oxygen atoms in total. The van der Waals surface area contributed by atoms with Crippen LogP contribution in [0.1, 0.15) is 29.6 Å². The maximum absolute atomic E-state index is 12.6. The number of rotatable bonds is 2. The van der Waals surface area contributed by atoms with Gasteiger partial charge in [-0.2, -0.15) is 0 Å². The third kappa shape index (κ3) is 3.62. The van der Waals surface area contributed by atoms with Gasteiger partial charge in [0.2, 0.25) is 0 Å². The summed E-state index contributed by atoms with van der Waals surface area (Å²) in [7, 11) is -3.29. The van der Waals surface area contributed by atoms with E-state index < -0.39 is 9.84 Å². The zero-order valence-electron chi connectivity index (χ0n) is 12.5. The average molecular weight is 345 g/mol. The van der Waals surface area contributed by atoms with Gasteiger partial charge in [0.1, 0.15) is 0 Å². The highest BCUT2D eigenvalue weighted by molar-refractivity contribution is 7.90. The number of benzene rings is 1. The van der Waals surface area contributed by atoms with Crippen molar-refractivity contribution in [3.05, 3.63) is 29.8 Å². The predicted octanol–water partition coefficient (Wildman–Crippen LogP) is 1.48. The van der Waals surface area contributed by atoms with Crippen LogP contribution in [0, 0.1) is 0 Å². The number of nitrogens with zero attached hydrogens (tertiary/aromatic N) is 1. The van der Waals surface area contributed by atoms with Crippen LogP contribution < -0.4 is 5.32 Å². The molecule has 2 fully saturated rings. The molecule has 7 heteroatoms. The summed E-state index contributed by atoms with van der Waals surface area (Å²) in [4.78, 5) is 14.7. The lowest BCUT2D eigenvalue weighted by Gasteiger charge is -2.24. The monoisotopic (exact) mass is 344 g/mol. The fourth-order valence-corrected chi connectivity index (χ4v) is 3.84. The van der Waals surface area contributed by atoms with Gasteiger partial charge in [-0.1, -0.05) is 6.07 Å². The molecule has 2 unspecified atom stereocenters. The highest BCUT2D eigenvalue weighted by atomic mass is 35.5. The number of hydrogen-bond donors (Lipinski definition) is 1. The first kappa shape index (κ1) is 17.2. The molecular weight excluding hydrogens is 324 g/mol. The molecule has 1 aromatic rings. The Morgan fingerprint density at radius 3 is 2.68 bits per heavy atom. The van der Waals surface area contributed by atoms with Crippen LogP contribution in [-0.4, -0.2) is 50.7 Å². The number of likely N-dealkylation sites (tertiary alicyclic amines) is 1. The molecule has 2 aliphatic rings. The Balaban J connectivity index is 0.00000176. The van der Waals surface area contributed by atoms with Gasteiger partial charge in [-0.3, -0.25) is 4.79 Å². The molecule has 2 aliphatic heterocycles. The van der Waals surface area contributed by atoms with Gasteiger partial charge in [-0.05, 0) is 37.5 Å². The second kappa shape index (κ2) is 6.56. The molecule has 3 rings (SSSR count). The fourth-order valence-electron chi connectivity index (χ4n) is 3.17. The minimum absolute atomic E-state index is 0. The average Bonchev–Trinajstić information content (AvgIpc) is 2.77. The van der Waals surface area contributed by atoms with Gasteiger partial charge in [0, 0.05) is 37.0 Å². The Labute approximate surface area is 137 Å². The number of carbonyl (C=O) groups excluding carboxylic acids is 1. The third-order valence-corrected chi connectivity index (χ3v) is 5.43. The molecular formula is C15H21ClN2O3S. The van der Waals surface area contributed by atoms with Crippen LogP contribution >= 0.6 is 12.4 Å². The van der Waals surface area contributed by atoms with Crippen molar-refractivity contribution in [3.63, 3.8) is 0 Å². The van der Waals surface area contributed by atoms with Gasteiger partial charge in [-0.15, -0.1) is 12.4 Å². The van der Waals surface area contributed by atoms with Crippen molar-refractivity contribution in [1.82, 2.24) is 10.2 Å². The van der Waals surface area contributed by atoms with E-state index in [2.05, 4.69) is 5.32 Å². The minimum Gasteiger partial charge on any atom is -0.337 e. The smallest absolute Gasteiger partial charge is 0.253 e. The highest BCUT2D eigenvalue weighted by Crippen LogP contribution is 2.22. The van der Waals surface area contributed by atoms with E-state index >= 15 is 0 Å². The second-order valence-electron chi connectivity index (χ2n) is 5.98. The molecule has 2 atom stereocenters. The molecule has 0 spiro atoms.